The lowest BCUT2D eigenvalue weighted by Crippen LogP contribution is -2.14. The Kier molecular flexibility index (Phi) is 4.68. The van der Waals surface area contributed by atoms with E-state index in [1.54, 1.807) is 24.3 Å². The van der Waals surface area contributed by atoms with Crippen molar-refractivity contribution in [2.45, 2.75) is 6.92 Å². The third-order valence-electron chi connectivity index (χ3n) is 3.80. The van der Waals surface area contributed by atoms with Gasteiger partial charge < -0.3 is 0 Å². The van der Waals surface area contributed by atoms with Crippen LogP contribution in [-0.4, -0.2) is 21.9 Å². The molecule has 0 radical (unpaired) electrons. The highest BCUT2D eigenvalue weighted by Gasteiger charge is 2.10. The summed E-state index contributed by atoms with van der Waals surface area (Å²) in [5.74, 6) is -0.661. The lowest BCUT2D eigenvalue weighted by molar-refractivity contribution is -0.124. The fourth-order valence-corrected chi connectivity index (χ4v) is 2.45. The normalized spacial score (nSPS) is 11.0. The van der Waals surface area contributed by atoms with Crippen LogP contribution in [0.3, 0.4) is 0 Å². The molecule has 2 N–H and O–H groups in total. The molecule has 124 valence electrons. The first kappa shape index (κ1) is 16.5. The van der Waals surface area contributed by atoms with Crippen LogP contribution in [0.5, 0.6) is 0 Å². The highest BCUT2D eigenvalue weighted by Crippen LogP contribution is 2.18. The van der Waals surface area contributed by atoms with Crippen molar-refractivity contribution in [1.82, 2.24) is 10.5 Å². The van der Waals surface area contributed by atoms with Gasteiger partial charge in [0.15, 0.2) is 5.78 Å². The maximum atomic E-state index is 12.6. The summed E-state index contributed by atoms with van der Waals surface area (Å²) < 4.78 is 0. The fourth-order valence-electron chi connectivity index (χ4n) is 2.45. The highest BCUT2D eigenvalue weighted by molar-refractivity contribution is 6.10. The smallest absolute Gasteiger partial charge is 0.267 e. The van der Waals surface area contributed by atoms with Gasteiger partial charge in [0, 0.05) is 22.6 Å². The molecule has 1 amide bonds. The van der Waals surface area contributed by atoms with Crippen molar-refractivity contribution in [3.63, 3.8) is 0 Å². The predicted molar refractivity (Wildman–Crippen MR) is 95.3 cm³/mol. The van der Waals surface area contributed by atoms with E-state index in [1.165, 1.54) is 17.6 Å². The van der Waals surface area contributed by atoms with Gasteiger partial charge in [-0.3, -0.25) is 14.8 Å². The highest BCUT2D eigenvalue weighted by atomic mass is 16.5. The Morgan fingerprint density at radius 2 is 1.72 bits per heavy atom. The molecule has 5 nitrogen and oxygen atoms in total. The number of rotatable bonds is 4. The fraction of sp³-hybridized carbons (Fsp3) is 0.0500. The van der Waals surface area contributed by atoms with Crippen LogP contribution >= 0.6 is 0 Å². The Morgan fingerprint density at radius 1 is 1.00 bits per heavy atom. The van der Waals surface area contributed by atoms with E-state index in [0.29, 0.717) is 22.3 Å². The van der Waals surface area contributed by atoms with E-state index in [1.807, 2.05) is 37.3 Å². The molecule has 0 aliphatic rings. The van der Waals surface area contributed by atoms with Crippen LogP contribution in [0.1, 0.15) is 27.2 Å². The van der Waals surface area contributed by atoms with E-state index in [-0.39, 0.29) is 5.78 Å². The van der Waals surface area contributed by atoms with E-state index in [9.17, 15) is 9.59 Å². The average molecular weight is 332 g/mol. The molecule has 0 aliphatic carbocycles. The number of carbonyl (C=O) groups is 2. The Labute approximate surface area is 144 Å². The standard InChI is InChI=1S/C20H16N2O3/c1-13-2-4-14(5-3-13)20(24)16-7-10-18-15(12-16)6-8-17(21-18)9-11-19(23)22-25/h2-12,25H,1H3,(H,22,23)/b11-9+. The van der Waals surface area contributed by atoms with E-state index < -0.39 is 5.91 Å². The molecule has 2 aromatic carbocycles. The van der Waals surface area contributed by atoms with Crippen molar-refractivity contribution >= 4 is 28.7 Å². The van der Waals surface area contributed by atoms with E-state index in [4.69, 9.17) is 5.21 Å². The molecule has 0 fully saturated rings. The summed E-state index contributed by atoms with van der Waals surface area (Å²) in [6, 6.07) is 16.4. The topological polar surface area (TPSA) is 79.3 Å². The molecule has 1 heterocycles. The number of nitrogens with one attached hydrogen (secondary N) is 1. The van der Waals surface area contributed by atoms with Crippen LogP contribution in [-0.2, 0) is 4.79 Å². The number of hydroxylamine groups is 1. The van der Waals surface area contributed by atoms with Crippen molar-refractivity contribution in [3.8, 4) is 0 Å². The van der Waals surface area contributed by atoms with Gasteiger partial charge in [0.1, 0.15) is 0 Å². The zero-order valence-electron chi connectivity index (χ0n) is 13.6. The summed E-state index contributed by atoms with van der Waals surface area (Å²) in [6.07, 6.45) is 2.68. The number of aromatic nitrogens is 1. The van der Waals surface area contributed by atoms with Crippen molar-refractivity contribution in [2.24, 2.45) is 0 Å². The minimum Gasteiger partial charge on any atom is -0.289 e. The Morgan fingerprint density at radius 3 is 2.44 bits per heavy atom. The molecule has 5 heteroatoms. The largest absolute Gasteiger partial charge is 0.289 e. The summed E-state index contributed by atoms with van der Waals surface area (Å²) in [5.41, 5.74) is 5.16. The van der Waals surface area contributed by atoms with Crippen molar-refractivity contribution in [1.29, 1.82) is 0 Å². The first-order valence-corrected chi connectivity index (χ1v) is 7.71. The molecule has 0 saturated heterocycles. The van der Waals surface area contributed by atoms with Gasteiger partial charge >= 0.3 is 0 Å². The van der Waals surface area contributed by atoms with Crippen LogP contribution in [0.15, 0.2) is 60.7 Å². The Balaban J connectivity index is 1.90. The van der Waals surface area contributed by atoms with Crippen LogP contribution in [0, 0.1) is 6.92 Å². The van der Waals surface area contributed by atoms with Gasteiger partial charge in [-0.15, -0.1) is 0 Å². The molecule has 0 spiro atoms. The summed E-state index contributed by atoms with van der Waals surface area (Å²) in [5, 5.41) is 9.31. The summed E-state index contributed by atoms with van der Waals surface area (Å²) in [6.45, 7) is 1.98. The number of ketones is 1. The lowest BCUT2D eigenvalue weighted by atomic mass is 10.0. The number of hydrogen-bond donors (Lipinski definition) is 2. The second-order valence-corrected chi connectivity index (χ2v) is 5.65. The average Bonchev–Trinajstić information content (AvgIpc) is 2.65. The maximum Gasteiger partial charge on any atom is 0.267 e. The van der Waals surface area contributed by atoms with Gasteiger partial charge in [-0.25, -0.2) is 10.5 Å². The van der Waals surface area contributed by atoms with Crippen molar-refractivity contribution < 1.29 is 14.8 Å². The van der Waals surface area contributed by atoms with Gasteiger partial charge in [0.2, 0.25) is 0 Å². The predicted octanol–water partition coefficient (Wildman–Crippen LogP) is 3.29. The van der Waals surface area contributed by atoms with Crippen molar-refractivity contribution in [2.75, 3.05) is 0 Å². The monoisotopic (exact) mass is 332 g/mol. The Hall–Kier alpha value is -3.31. The SMILES string of the molecule is Cc1ccc(C(=O)c2ccc3nc(/C=C/C(=O)NO)ccc3c2)cc1. The molecule has 0 aliphatic heterocycles. The third-order valence-corrected chi connectivity index (χ3v) is 3.80. The lowest BCUT2D eigenvalue weighted by Gasteiger charge is -2.05. The van der Waals surface area contributed by atoms with E-state index >= 15 is 0 Å². The van der Waals surface area contributed by atoms with Gasteiger partial charge in [0.25, 0.3) is 5.91 Å². The first-order chi connectivity index (χ1) is 12.1. The number of hydrogen-bond acceptors (Lipinski definition) is 4. The van der Waals surface area contributed by atoms with Crippen LogP contribution in [0.25, 0.3) is 17.0 Å². The molecule has 3 aromatic rings. The minimum absolute atomic E-state index is 0.0366. The van der Waals surface area contributed by atoms with E-state index in [0.717, 1.165) is 10.9 Å². The molecule has 0 bridgehead atoms. The number of nitrogens with zero attached hydrogens (tertiary/aromatic N) is 1. The van der Waals surface area contributed by atoms with Gasteiger partial charge in [0.05, 0.1) is 11.2 Å². The number of aryl methyl sites for hydroxylation is 1. The molecular weight excluding hydrogens is 316 g/mol. The number of carbonyl (C=O) groups excluding carboxylic acids is 2. The maximum absolute atomic E-state index is 12.6. The molecule has 3 rings (SSSR count). The number of pyridine rings is 1. The van der Waals surface area contributed by atoms with Gasteiger partial charge in [-0.2, -0.15) is 0 Å². The number of fused-ring (bicyclic) bond motifs is 1. The molecule has 0 atom stereocenters. The third kappa shape index (κ3) is 3.79. The van der Waals surface area contributed by atoms with Gasteiger partial charge in [-0.05, 0) is 37.3 Å². The van der Waals surface area contributed by atoms with Gasteiger partial charge in [-0.1, -0.05) is 35.9 Å². The molecular formula is C20H16N2O3. The Bertz CT molecular complexity index is 976. The number of amides is 1. The number of benzene rings is 2. The van der Waals surface area contributed by atoms with E-state index in [2.05, 4.69) is 4.98 Å². The first-order valence-electron chi connectivity index (χ1n) is 7.71. The van der Waals surface area contributed by atoms with Crippen molar-refractivity contribution in [3.05, 3.63) is 83.1 Å². The molecule has 1 aromatic heterocycles. The summed E-state index contributed by atoms with van der Waals surface area (Å²) >= 11 is 0. The van der Waals surface area contributed by atoms with Crippen LogP contribution < -0.4 is 5.48 Å². The molecule has 0 unspecified atom stereocenters. The zero-order valence-corrected chi connectivity index (χ0v) is 13.6. The molecule has 0 saturated carbocycles. The minimum atomic E-state index is -0.624. The summed E-state index contributed by atoms with van der Waals surface area (Å²) in [7, 11) is 0. The van der Waals surface area contributed by atoms with Crippen LogP contribution in [0.4, 0.5) is 0 Å². The second kappa shape index (κ2) is 7.07. The second-order valence-electron chi connectivity index (χ2n) is 5.65. The molecule has 25 heavy (non-hydrogen) atoms. The van der Waals surface area contributed by atoms with Crippen LogP contribution in [0.2, 0.25) is 0 Å². The quantitative estimate of drug-likeness (QED) is 0.332. The zero-order chi connectivity index (χ0) is 17.8. The summed E-state index contributed by atoms with van der Waals surface area (Å²) in [4.78, 5) is 28.0.